The second-order valence-corrected chi connectivity index (χ2v) is 4.25. The third-order valence-electron chi connectivity index (χ3n) is 2.91. The van der Waals surface area contributed by atoms with Gasteiger partial charge in [-0.3, -0.25) is 0 Å². The molecule has 0 bridgehead atoms. The molecule has 0 saturated heterocycles. The van der Waals surface area contributed by atoms with Gasteiger partial charge in [-0.05, 0) is 42.8 Å². The van der Waals surface area contributed by atoms with Crippen LogP contribution in [0, 0.1) is 12.7 Å². The molecule has 90 valence electrons. The van der Waals surface area contributed by atoms with Gasteiger partial charge >= 0.3 is 0 Å². The molecule has 0 aliphatic rings. The van der Waals surface area contributed by atoms with Crippen molar-refractivity contribution in [2.24, 2.45) is 0 Å². The molecular formula is C14H11FN2O. The largest absolute Gasteiger partial charge is 0.508 e. The molecule has 18 heavy (non-hydrogen) atoms. The number of nitrogens with one attached hydrogen (secondary N) is 1. The summed E-state index contributed by atoms with van der Waals surface area (Å²) in [7, 11) is 0. The summed E-state index contributed by atoms with van der Waals surface area (Å²) in [4.78, 5) is 7.54. The standard InChI is InChI=1S/C14H11FN2O/c1-8-6-9(15)2-4-11(8)14-16-12-5-3-10(18)7-13(12)17-14/h2-7,18H,1H3,(H,16,17). The van der Waals surface area contributed by atoms with Crippen molar-refractivity contribution >= 4 is 11.0 Å². The second-order valence-electron chi connectivity index (χ2n) is 4.25. The first-order valence-electron chi connectivity index (χ1n) is 5.59. The minimum Gasteiger partial charge on any atom is -0.508 e. The fraction of sp³-hybridized carbons (Fsp3) is 0.0714. The zero-order valence-electron chi connectivity index (χ0n) is 9.74. The molecule has 2 aromatic carbocycles. The summed E-state index contributed by atoms with van der Waals surface area (Å²) in [6.07, 6.45) is 0. The first-order valence-corrected chi connectivity index (χ1v) is 5.59. The summed E-state index contributed by atoms with van der Waals surface area (Å²) in [6, 6.07) is 9.52. The molecule has 0 fully saturated rings. The number of halogens is 1. The first-order chi connectivity index (χ1) is 8.63. The van der Waals surface area contributed by atoms with E-state index >= 15 is 0 Å². The van der Waals surface area contributed by atoms with Crippen LogP contribution >= 0.6 is 0 Å². The number of aryl methyl sites for hydroxylation is 1. The second kappa shape index (κ2) is 3.84. The normalized spacial score (nSPS) is 11.0. The van der Waals surface area contributed by atoms with Crippen molar-refractivity contribution in [2.75, 3.05) is 0 Å². The fourth-order valence-corrected chi connectivity index (χ4v) is 2.02. The van der Waals surface area contributed by atoms with E-state index in [1.807, 2.05) is 6.92 Å². The highest BCUT2D eigenvalue weighted by molar-refractivity contribution is 5.81. The number of imidazole rings is 1. The maximum absolute atomic E-state index is 13.1. The minimum absolute atomic E-state index is 0.188. The van der Waals surface area contributed by atoms with Crippen molar-refractivity contribution in [3.8, 4) is 17.1 Å². The quantitative estimate of drug-likeness (QED) is 0.687. The minimum atomic E-state index is -0.259. The van der Waals surface area contributed by atoms with Crippen molar-refractivity contribution in [3.63, 3.8) is 0 Å². The zero-order chi connectivity index (χ0) is 12.7. The average Bonchev–Trinajstić information content (AvgIpc) is 2.71. The Balaban J connectivity index is 2.19. The van der Waals surface area contributed by atoms with Gasteiger partial charge in [0, 0.05) is 11.6 Å². The molecule has 0 aliphatic heterocycles. The molecule has 0 radical (unpaired) electrons. The number of hydrogen-bond donors (Lipinski definition) is 2. The molecule has 0 aliphatic carbocycles. The number of phenols is 1. The third-order valence-corrected chi connectivity index (χ3v) is 2.91. The summed E-state index contributed by atoms with van der Waals surface area (Å²) < 4.78 is 13.1. The molecule has 3 nitrogen and oxygen atoms in total. The van der Waals surface area contributed by atoms with Crippen molar-refractivity contribution in [1.29, 1.82) is 0 Å². The molecule has 3 rings (SSSR count). The van der Waals surface area contributed by atoms with Crippen LogP contribution in [0.2, 0.25) is 0 Å². The maximum atomic E-state index is 13.1. The molecule has 1 aromatic heterocycles. The van der Waals surface area contributed by atoms with Gasteiger partial charge in [0.2, 0.25) is 0 Å². The Labute approximate surface area is 103 Å². The summed E-state index contributed by atoms with van der Waals surface area (Å²) in [6.45, 7) is 1.84. The van der Waals surface area contributed by atoms with Crippen LogP contribution in [0.1, 0.15) is 5.56 Å². The van der Waals surface area contributed by atoms with Gasteiger partial charge in [0.15, 0.2) is 0 Å². The molecule has 0 atom stereocenters. The monoisotopic (exact) mass is 242 g/mol. The predicted octanol–water partition coefficient (Wildman–Crippen LogP) is 3.38. The van der Waals surface area contributed by atoms with Crippen LogP contribution in [0.4, 0.5) is 4.39 Å². The molecular weight excluding hydrogens is 231 g/mol. The van der Waals surface area contributed by atoms with Crippen molar-refractivity contribution < 1.29 is 9.50 Å². The SMILES string of the molecule is Cc1cc(F)ccc1-c1nc2ccc(O)cc2[nH]1. The predicted molar refractivity (Wildman–Crippen MR) is 67.9 cm³/mol. The van der Waals surface area contributed by atoms with Gasteiger partial charge in [-0.15, -0.1) is 0 Å². The van der Waals surface area contributed by atoms with Gasteiger partial charge in [0.25, 0.3) is 0 Å². The first kappa shape index (κ1) is 10.8. The number of aromatic nitrogens is 2. The number of fused-ring (bicyclic) bond motifs is 1. The Bertz CT molecular complexity index is 734. The summed E-state index contributed by atoms with van der Waals surface area (Å²) >= 11 is 0. The Hall–Kier alpha value is -2.36. The number of aromatic hydroxyl groups is 1. The number of benzene rings is 2. The van der Waals surface area contributed by atoms with Gasteiger partial charge in [-0.2, -0.15) is 0 Å². The van der Waals surface area contributed by atoms with E-state index < -0.39 is 0 Å². The summed E-state index contributed by atoms with van der Waals surface area (Å²) in [5.41, 5.74) is 3.20. The Morgan fingerprint density at radius 2 is 2.00 bits per heavy atom. The fourth-order valence-electron chi connectivity index (χ4n) is 2.02. The lowest BCUT2D eigenvalue weighted by Gasteiger charge is -2.01. The molecule has 0 amide bonds. The highest BCUT2D eigenvalue weighted by Crippen LogP contribution is 2.25. The van der Waals surface area contributed by atoms with Crippen molar-refractivity contribution in [2.45, 2.75) is 6.92 Å². The lowest BCUT2D eigenvalue weighted by atomic mass is 10.1. The Morgan fingerprint density at radius 3 is 2.78 bits per heavy atom. The van der Waals surface area contributed by atoms with Gasteiger partial charge in [0.1, 0.15) is 17.4 Å². The smallest absolute Gasteiger partial charge is 0.138 e. The van der Waals surface area contributed by atoms with Crippen molar-refractivity contribution in [1.82, 2.24) is 9.97 Å². The topological polar surface area (TPSA) is 48.9 Å². The zero-order valence-corrected chi connectivity index (χ0v) is 9.74. The summed E-state index contributed by atoms with van der Waals surface area (Å²) in [5, 5.41) is 9.40. The van der Waals surface area contributed by atoms with E-state index in [9.17, 15) is 9.50 Å². The molecule has 0 saturated carbocycles. The average molecular weight is 242 g/mol. The Kier molecular flexibility index (Phi) is 2.30. The molecule has 0 unspecified atom stereocenters. The number of H-pyrrole nitrogens is 1. The number of aromatic amines is 1. The van der Waals surface area contributed by atoms with Crippen LogP contribution in [-0.4, -0.2) is 15.1 Å². The van der Waals surface area contributed by atoms with E-state index in [1.54, 1.807) is 24.3 Å². The molecule has 2 N–H and O–H groups in total. The lowest BCUT2D eigenvalue weighted by molar-refractivity contribution is 0.476. The number of hydrogen-bond acceptors (Lipinski definition) is 2. The van der Waals surface area contributed by atoms with Gasteiger partial charge in [-0.1, -0.05) is 0 Å². The van der Waals surface area contributed by atoms with E-state index in [0.29, 0.717) is 5.82 Å². The summed E-state index contributed by atoms with van der Waals surface area (Å²) in [5.74, 6) is 0.603. The lowest BCUT2D eigenvalue weighted by Crippen LogP contribution is -1.86. The Morgan fingerprint density at radius 1 is 1.17 bits per heavy atom. The van der Waals surface area contributed by atoms with Crippen LogP contribution in [0.15, 0.2) is 36.4 Å². The molecule has 4 heteroatoms. The van der Waals surface area contributed by atoms with Crippen LogP contribution in [0.25, 0.3) is 22.4 Å². The van der Waals surface area contributed by atoms with E-state index in [-0.39, 0.29) is 11.6 Å². The van der Waals surface area contributed by atoms with E-state index in [1.165, 1.54) is 12.1 Å². The maximum Gasteiger partial charge on any atom is 0.138 e. The van der Waals surface area contributed by atoms with Crippen LogP contribution in [0.3, 0.4) is 0 Å². The van der Waals surface area contributed by atoms with Gasteiger partial charge < -0.3 is 10.1 Å². The highest BCUT2D eigenvalue weighted by Gasteiger charge is 2.08. The van der Waals surface area contributed by atoms with E-state index in [2.05, 4.69) is 9.97 Å². The third kappa shape index (κ3) is 1.72. The van der Waals surface area contributed by atoms with Crippen LogP contribution < -0.4 is 0 Å². The molecule has 3 aromatic rings. The van der Waals surface area contributed by atoms with Crippen LogP contribution in [-0.2, 0) is 0 Å². The highest BCUT2D eigenvalue weighted by atomic mass is 19.1. The van der Waals surface area contributed by atoms with Gasteiger partial charge in [-0.25, -0.2) is 9.37 Å². The van der Waals surface area contributed by atoms with Crippen LogP contribution in [0.5, 0.6) is 5.75 Å². The number of nitrogens with zero attached hydrogens (tertiary/aromatic N) is 1. The van der Waals surface area contributed by atoms with Gasteiger partial charge in [0.05, 0.1) is 11.0 Å². The van der Waals surface area contributed by atoms with Crippen molar-refractivity contribution in [3.05, 3.63) is 47.8 Å². The van der Waals surface area contributed by atoms with E-state index in [0.717, 1.165) is 22.2 Å². The molecule has 0 spiro atoms. The number of phenolic OH excluding ortho intramolecular Hbond substituents is 1. The molecule has 1 heterocycles. The van der Waals surface area contributed by atoms with E-state index in [4.69, 9.17) is 0 Å². The number of rotatable bonds is 1.